The summed E-state index contributed by atoms with van der Waals surface area (Å²) < 4.78 is 52.3. The minimum absolute atomic E-state index is 0.00391. The minimum atomic E-state index is -2.82. The van der Waals surface area contributed by atoms with Crippen LogP contribution in [0.15, 0.2) is 24.4 Å². The number of nitrogens with one attached hydrogen (secondary N) is 2. The van der Waals surface area contributed by atoms with Crippen LogP contribution in [0.5, 0.6) is 0 Å². The highest BCUT2D eigenvalue weighted by atomic mass is 19.3. The standard InChI is InChI=1S/C13H11F2N9.C5H9F2N.C3H8O.C2H6/c1-17-10-9-6(4-5-23(9)21-13(16)19-10)7-2-3-8-11(18-7)24(12(14)15)22-20-8;6-5(7)2-1-3-8-4-5;1-3(2)4;1-2/h2-5,12H,1H3,(H3,16,17,19,21);8H,1-4H2;3-4H,1-2H3;1-2H3. The number of aliphatic hydroxyl groups is 1. The van der Waals surface area contributed by atoms with E-state index in [9.17, 15) is 17.6 Å². The van der Waals surface area contributed by atoms with Gasteiger partial charge in [0.15, 0.2) is 11.5 Å². The van der Waals surface area contributed by atoms with Gasteiger partial charge in [0, 0.05) is 31.3 Å². The SMILES string of the molecule is CC.CC(C)O.CNc1nc(N)nn2ccc(-c3ccc4nnn(C(F)F)c4n3)c12.FC1(F)CCCNC1. The quantitative estimate of drug-likeness (QED) is 0.283. The summed E-state index contributed by atoms with van der Waals surface area (Å²) in [6.07, 6.45) is 2.19. The van der Waals surface area contributed by atoms with Gasteiger partial charge in [0.2, 0.25) is 5.95 Å². The summed E-state index contributed by atoms with van der Waals surface area (Å²) in [5.74, 6) is -1.82. The van der Waals surface area contributed by atoms with E-state index >= 15 is 0 Å². The molecule has 0 unspecified atom stereocenters. The lowest BCUT2D eigenvalue weighted by Crippen LogP contribution is -2.38. The number of pyridine rings is 1. The molecule has 4 aromatic heterocycles. The van der Waals surface area contributed by atoms with Gasteiger partial charge in [0.05, 0.1) is 12.2 Å². The molecule has 0 amide bonds. The molecule has 11 nitrogen and oxygen atoms in total. The maximum Gasteiger partial charge on any atom is 0.336 e. The molecule has 5 heterocycles. The van der Waals surface area contributed by atoms with E-state index in [4.69, 9.17) is 10.8 Å². The van der Waals surface area contributed by atoms with Crippen molar-refractivity contribution in [2.24, 2.45) is 0 Å². The van der Waals surface area contributed by atoms with E-state index in [0.717, 1.165) is 6.54 Å². The molecule has 15 heteroatoms. The van der Waals surface area contributed by atoms with Gasteiger partial charge in [0.1, 0.15) is 11.0 Å². The topological polar surface area (TPSA) is 144 Å². The number of nitrogens with zero attached hydrogens (tertiary/aromatic N) is 7. The van der Waals surface area contributed by atoms with Crippen LogP contribution in [0.25, 0.3) is 27.9 Å². The second-order valence-electron chi connectivity index (χ2n) is 8.17. The Morgan fingerprint density at radius 2 is 1.84 bits per heavy atom. The molecule has 1 fully saturated rings. The van der Waals surface area contributed by atoms with E-state index in [1.165, 1.54) is 0 Å². The molecule has 1 aliphatic rings. The Hall–Kier alpha value is -3.59. The van der Waals surface area contributed by atoms with Gasteiger partial charge < -0.3 is 21.5 Å². The number of aromatic nitrogens is 7. The Labute approximate surface area is 217 Å². The molecular weight excluding hydrogens is 508 g/mol. The molecule has 5 rings (SSSR count). The Kier molecular flexibility index (Phi) is 11.1. The van der Waals surface area contributed by atoms with Crippen molar-refractivity contribution in [1.82, 2.24) is 39.9 Å². The van der Waals surface area contributed by atoms with Crippen molar-refractivity contribution >= 4 is 28.4 Å². The Balaban J connectivity index is 0.000000300. The number of rotatable bonds is 3. The highest BCUT2D eigenvalue weighted by Gasteiger charge is 2.30. The van der Waals surface area contributed by atoms with Gasteiger partial charge in [0.25, 0.3) is 5.92 Å². The summed E-state index contributed by atoms with van der Waals surface area (Å²) in [5.41, 5.74) is 7.73. The highest BCUT2D eigenvalue weighted by molar-refractivity contribution is 5.89. The van der Waals surface area contributed by atoms with Crippen LogP contribution in [-0.2, 0) is 0 Å². The van der Waals surface area contributed by atoms with E-state index in [0.29, 0.717) is 33.7 Å². The summed E-state index contributed by atoms with van der Waals surface area (Å²) in [7, 11) is 1.70. The van der Waals surface area contributed by atoms with Crippen molar-refractivity contribution in [1.29, 1.82) is 0 Å². The van der Waals surface area contributed by atoms with Crippen LogP contribution in [0.4, 0.5) is 29.3 Å². The lowest BCUT2D eigenvalue weighted by molar-refractivity contribution is -0.0208. The fourth-order valence-corrected chi connectivity index (χ4v) is 3.36. The number of halogens is 4. The van der Waals surface area contributed by atoms with Crippen molar-refractivity contribution in [2.75, 3.05) is 31.2 Å². The molecule has 5 N–H and O–H groups in total. The highest BCUT2D eigenvalue weighted by Crippen LogP contribution is 2.30. The summed E-state index contributed by atoms with van der Waals surface area (Å²) in [6, 6.07) is 5.02. The van der Waals surface area contributed by atoms with Gasteiger partial charge in [-0.15, -0.1) is 10.2 Å². The number of piperidine rings is 1. The second-order valence-corrected chi connectivity index (χ2v) is 8.17. The maximum absolute atomic E-state index is 13.0. The van der Waals surface area contributed by atoms with Crippen LogP contribution in [0, 0.1) is 0 Å². The molecule has 0 aliphatic carbocycles. The number of hydrogen-bond donors (Lipinski definition) is 4. The Bertz CT molecular complexity index is 1280. The fourth-order valence-electron chi connectivity index (χ4n) is 3.36. The number of alkyl halides is 4. The maximum atomic E-state index is 13.0. The molecule has 1 saturated heterocycles. The summed E-state index contributed by atoms with van der Waals surface area (Å²) in [4.78, 5) is 8.41. The first-order valence-corrected chi connectivity index (χ1v) is 12.1. The van der Waals surface area contributed by atoms with Gasteiger partial charge in [-0.25, -0.2) is 18.3 Å². The molecule has 0 saturated carbocycles. The second kappa shape index (κ2) is 13.8. The predicted octanol–water partition coefficient (Wildman–Crippen LogP) is 3.97. The molecule has 0 bridgehead atoms. The summed E-state index contributed by atoms with van der Waals surface area (Å²) in [5, 5.41) is 24.8. The number of hydrogen-bond acceptors (Lipinski definition) is 9. The van der Waals surface area contributed by atoms with Crippen molar-refractivity contribution in [3.05, 3.63) is 24.4 Å². The van der Waals surface area contributed by atoms with Gasteiger partial charge in [-0.2, -0.15) is 18.4 Å². The minimum Gasteiger partial charge on any atom is -0.394 e. The van der Waals surface area contributed by atoms with Crippen molar-refractivity contribution in [3.63, 3.8) is 0 Å². The van der Waals surface area contributed by atoms with E-state index in [1.54, 1.807) is 49.8 Å². The van der Waals surface area contributed by atoms with E-state index in [1.807, 2.05) is 13.8 Å². The zero-order valence-corrected chi connectivity index (χ0v) is 22.0. The van der Waals surface area contributed by atoms with Crippen LogP contribution in [-0.4, -0.2) is 71.8 Å². The first-order valence-electron chi connectivity index (χ1n) is 12.1. The van der Waals surface area contributed by atoms with Gasteiger partial charge in [-0.05, 0) is 45.0 Å². The van der Waals surface area contributed by atoms with Crippen LogP contribution in [0.3, 0.4) is 0 Å². The molecule has 0 aromatic carbocycles. The van der Waals surface area contributed by atoms with Gasteiger partial charge >= 0.3 is 6.55 Å². The fraction of sp³-hybridized carbons (Fsp3) is 0.522. The molecular formula is C23H34F4N10O. The summed E-state index contributed by atoms with van der Waals surface area (Å²) >= 11 is 0. The number of nitrogens with two attached hydrogens (primary N) is 1. The average Bonchev–Trinajstić information content (AvgIpc) is 3.48. The van der Waals surface area contributed by atoms with Crippen molar-refractivity contribution in [2.45, 2.75) is 59.1 Å². The molecule has 0 atom stereocenters. The zero-order chi connectivity index (χ0) is 28.5. The molecule has 0 spiro atoms. The average molecular weight is 543 g/mol. The lowest BCUT2D eigenvalue weighted by Gasteiger charge is -2.21. The Morgan fingerprint density at radius 1 is 1.16 bits per heavy atom. The Morgan fingerprint density at radius 3 is 2.37 bits per heavy atom. The van der Waals surface area contributed by atoms with E-state index in [-0.39, 0.29) is 36.2 Å². The molecule has 38 heavy (non-hydrogen) atoms. The normalized spacial score (nSPS) is 14.3. The molecule has 0 radical (unpaired) electrons. The van der Waals surface area contributed by atoms with Gasteiger partial charge in [-0.1, -0.05) is 19.1 Å². The first kappa shape index (κ1) is 30.6. The van der Waals surface area contributed by atoms with Crippen LogP contribution in [0.1, 0.15) is 47.1 Å². The van der Waals surface area contributed by atoms with Crippen LogP contribution in [0.2, 0.25) is 0 Å². The number of nitrogen functional groups attached to an aromatic ring is 1. The van der Waals surface area contributed by atoms with E-state index in [2.05, 4.69) is 36.0 Å². The molecule has 4 aromatic rings. The zero-order valence-electron chi connectivity index (χ0n) is 22.0. The number of fused-ring (bicyclic) bond motifs is 2. The first-order chi connectivity index (χ1) is 18.0. The molecule has 1 aliphatic heterocycles. The third kappa shape index (κ3) is 7.95. The molecule has 210 valence electrons. The third-order valence-electron chi connectivity index (χ3n) is 4.83. The lowest BCUT2D eigenvalue weighted by atomic mass is 10.1. The number of aliphatic hydroxyl groups excluding tert-OH is 1. The van der Waals surface area contributed by atoms with E-state index < -0.39 is 12.5 Å². The van der Waals surface area contributed by atoms with Crippen LogP contribution >= 0.6 is 0 Å². The summed E-state index contributed by atoms with van der Waals surface area (Å²) in [6.45, 7) is 5.24. The van der Waals surface area contributed by atoms with Gasteiger partial charge in [-0.3, -0.25) is 0 Å². The third-order valence-corrected chi connectivity index (χ3v) is 4.83. The van der Waals surface area contributed by atoms with Crippen molar-refractivity contribution in [3.8, 4) is 11.3 Å². The van der Waals surface area contributed by atoms with Crippen molar-refractivity contribution < 1.29 is 22.7 Å². The monoisotopic (exact) mass is 542 g/mol. The number of anilines is 2. The smallest absolute Gasteiger partial charge is 0.336 e. The van der Waals surface area contributed by atoms with Crippen LogP contribution < -0.4 is 16.4 Å². The predicted molar refractivity (Wildman–Crippen MR) is 138 cm³/mol. The largest absolute Gasteiger partial charge is 0.394 e.